The lowest BCUT2D eigenvalue weighted by Crippen LogP contribution is -2.35. The molecule has 1 unspecified atom stereocenters. The second kappa shape index (κ2) is 12.0. The monoisotopic (exact) mass is 665 g/mol. The smallest absolute Gasteiger partial charge is 0.0722 e. The van der Waals surface area contributed by atoms with Crippen molar-refractivity contribution >= 4 is 16.9 Å². The van der Waals surface area contributed by atoms with Gasteiger partial charge >= 0.3 is 0 Å². The van der Waals surface area contributed by atoms with E-state index in [1.807, 2.05) is 0 Å². The molecule has 248 valence electrons. The van der Waals surface area contributed by atoms with Crippen LogP contribution in [-0.2, 0) is 5.41 Å². The van der Waals surface area contributed by atoms with E-state index in [0.717, 1.165) is 6.42 Å². The molecule has 7 aromatic rings. The van der Waals surface area contributed by atoms with Gasteiger partial charge in [-0.1, -0.05) is 158 Å². The van der Waals surface area contributed by atoms with Crippen molar-refractivity contribution in [2.45, 2.75) is 31.7 Å². The summed E-state index contributed by atoms with van der Waals surface area (Å²) in [6.45, 7) is 4.56. The van der Waals surface area contributed by atoms with Crippen molar-refractivity contribution in [3.05, 3.63) is 221 Å². The Kier molecular flexibility index (Phi) is 7.05. The van der Waals surface area contributed by atoms with Gasteiger partial charge in [0.1, 0.15) is 0 Å². The van der Waals surface area contributed by atoms with Gasteiger partial charge in [-0.15, -0.1) is 0 Å². The lowest BCUT2D eigenvalue weighted by Gasteiger charge is -2.39. The molecule has 0 bridgehead atoms. The molecule has 3 aliphatic rings. The van der Waals surface area contributed by atoms with Gasteiger partial charge in [0, 0.05) is 11.4 Å². The number of nitrogens with zero attached hydrogens (tertiary/aromatic N) is 1. The Morgan fingerprint density at radius 1 is 0.462 bits per heavy atom. The molecule has 1 nitrogen and oxygen atoms in total. The number of hydrogen-bond acceptors (Lipinski definition) is 1. The molecule has 52 heavy (non-hydrogen) atoms. The summed E-state index contributed by atoms with van der Waals surface area (Å²) in [7, 11) is 0. The number of rotatable bonds is 5. The number of fused-ring (bicyclic) bond motifs is 9. The summed E-state index contributed by atoms with van der Waals surface area (Å²) in [6.07, 6.45) is 5.81. The lowest BCUT2D eigenvalue weighted by atomic mass is 9.69. The third kappa shape index (κ3) is 4.42. The van der Waals surface area contributed by atoms with Crippen LogP contribution in [0.5, 0.6) is 0 Å². The highest BCUT2D eigenvalue weighted by molar-refractivity contribution is 5.98. The molecule has 1 heteroatoms. The summed E-state index contributed by atoms with van der Waals surface area (Å²) in [5, 5.41) is 0. The summed E-state index contributed by atoms with van der Waals surface area (Å²) >= 11 is 0. The number of anilines is 2. The SMILES string of the molecule is Cc1cc(-c2ccccc2)ccc1N(c1ccc(-c2ccccc2)cc1C)C1CC=CC2=C1c1ccccc1C21c2ccccc2-c2ccccc21. The van der Waals surface area contributed by atoms with Crippen molar-refractivity contribution in [3.8, 4) is 33.4 Å². The maximum absolute atomic E-state index is 2.66. The van der Waals surface area contributed by atoms with Crippen molar-refractivity contribution in [2.24, 2.45) is 0 Å². The fraction of sp³-hybridized carbons (Fsp3) is 0.0980. The normalized spacial score (nSPS) is 16.0. The van der Waals surface area contributed by atoms with Gasteiger partial charge in [0.2, 0.25) is 0 Å². The predicted molar refractivity (Wildman–Crippen MR) is 218 cm³/mol. The molecule has 0 amide bonds. The van der Waals surface area contributed by atoms with Gasteiger partial charge in [0.05, 0.1) is 11.5 Å². The minimum absolute atomic E-state index is 0.0861. The number of allylic oxidation sites excluding steroid dienone is 2. The van der Waals surface area contributed by atoms with Gasteiger partial charge in [-0.05, 0) is 122 Å². The molecule has 0 heterocycles. The van der Waals surface area contributed by atoms with Crippen LogP contribution in [-0.4, -0.2) is 6.04 Å². The van der Waals surface area contributed by atoms with Crippen LogP contribution in [0.3, 0.4) is 0 Å². The van der Waals surface area contributed by atoms with E-state index in [2.05, 4.69) is 201 Å². The summed E-state index contributed by atoms with van der Waals surface area (Å²) in [5.41, 5.74) is 20.7. The first-order chi connectivity index (χ1) is 25.6. The van der Waals surface area contributed by atoms with Crippen molar-refractivity contribution in [1.82, 2.24) is 0 Å². The van der Waals surface area contributed by atoms with E-state index in [-0.39, 0.29) is 11.5 Å². The Morgan fingerprint density at radius 3 is 1.40 bits per heavy atom. The highest BCUT2D eigenvalue weighted by Crippen LogP contribution is 2.64. The molecule has 7 aromatic carbocycles. The first-order valence-electron chi connectivity index (χ1n) is 18.5. The first kappa shape index (κ1) is 30.6. The van der Waals surface area contributed by atoms with Crippen LogP contribution < -0.4 is 4.90 Å². The topological polar surface area (TPSA) is 3.24 Å². The van der Waals surface area contributed by atoms with Gasteiger partial charge < -0.3 is 4.90 Å². The molecule has 3 aliphatic carbocycles. The van der Waals surface area contributed by atoms with Gasteiger partial charge in [0.15, 0.2) is 0 Å². The lowest BCUT2D eigenvalue weighted by molar-refractivity contribution is 0.756. The maximum atomic E-state index is 2.66. The molecule has 0 fully saturated rings. The Morgan fingerprint density at radius 2 is 0.904 bits per heavy atom. The van der Waals surface area contributed by atoms with Crippen LogP contribution >= 0.6 is 0 Å². The van der Waals surface area contributed by atoms with Crippen molar-refractivity contribution in [2.75, 3.05) is 4.90 Å². The fourth-order valence-electron chi connectivity index (χ4n) is 9.53. The standard InChI is InChI=1S/C51H39N/c1-34-32-38(36-16-5-3-6-17-36)28-30-47(34)52(48-31-29-39(33-35(48)2)37-18-7-4-8-19-37)49-27-15-26-46-50(49)42-22-11-14-25-45(42)51(46)43-23-12-9-20-40(43)41-21-10-13-24-44(41)51/h3-26,28-33,49H,27H2,1-2H3. The van der Waals surface area contributed by atoms with E-state index in [1.54, 1.807) is 0 Å². The Bertz CT molecular complexity index is 2440. The number of hydrogen-bond donors (Lipinski definition) is 0. The predicted octanol–water partition coefficient (Wildman–Crippen LogP) is 12.9. The molecule has 0 radical (unpaired) electrons. The highest BCUT2D eigenvalue weighted by atomic mass is 15.2. The molecule has 1 spiro atoms. The van der Waals surface area contributed by atoms with Crippen LogP contribution in [0.25, 0.3) is 39.0 Å². The van der Waals surface area contributed by atoms with Crippen molar-refractivity contribution in [1.29, 1.82) is 0 Å². The van der Waals surface area contributed by atoms with Crippen LogP contribution in [0.15, 0.2) is 188 Å². The maximum Gasteiger partial charge on any atom is 0.0722 e. The molecule has 0 saturated heterocycles. The molecule has 1 atom stereocenters. The van der Waals surface area contributed by atoms with Crippen LogP contribution in [0.1, 0.15) is 39.8 Å². The molecule has 0 aromatic heterocycles. The Labute approximate surface area is 306 Å². The molecule has 0 aliphatic heterocycles. The fourth-order valence-corrected chi connectivity index (χ4v) is 9.53. The number of aryl methyl sites for hydroxylation is 2. The van der Waals surface area contributed by atoms with E-state index in [4.69, 9.17) is 0 Å². The number of benzene rings is 7. The van der Waals surface area contributed by atoms with Crippen LogP contribution in [0, 0.1) is 13.8 Å². The minimum atomic E-state index is -0.363. The van der Waals surface area contributed by atoms with Gasteiger partial charge in [-0.25, -0.2) is 0 Å². The summed E-state index contributed by atoms with van der Waals surface area (Å²) < 4.78 is 0. The summed E-state index contributed by atoms with van der Waals surface area (Å²) in [5.74, 6) is 0. The Balaban J connectivity index is 1.22. The van der Waals surface area contributed by atoms with Crippen molar-refractivity contribution < 1.29 is 0 Å². The Hall–Kier alpha value is -6.18. The summed E-state index contributed by atoms with van der Waals surface area (Å²) in [6, 6.07) is 63.1. The zero-order chi connectivity index (χ0) is 34.8. The van der Waals surface area contributed by atoms with E-state index in [9.17, 15) is 0 Å². The molecular formula is C51H39N. The van der Waals surface area contributed by atoms with E-state index >= 15 is 0 Å². The second-order valence-electron chi connectivity index (χ2n) is 14.5. The molecule has 0 saturated carbocycles. The quantitative estimate of drug-likeness (QED) is 0.177. The van der Waals surface area contributed by atoms with Crippen LogP contribution in [0.4, 0.5) is 11.4 Å². The minimum Gasteiger partial charge on any atom is -0.333 e. The average molecular weight is 666 g/mol. The van der Waals surface area contributed by atoms with Gasteiger partial charge in [0.25, 0.3) is 0 Å². The molecule has 0 N–H and O–H groups in total. The van der Waals surface area contributed by atoms with E-state index in [1.165, 1.54) is 89.3 Å². The third-order valence-electron chi connectivity index (χ3n) is 11.7. The van der Waals surface area contributed by atoms with Gasteiger partial charge in [-0.2, -0.15) is 0 Å². The molecule has 10 rings (SSSR count). The van der Waals surface area contributed by atoms with Crippen molar-refractivity contribution in [3.63, 3.8) is 0 Å². The zero-order valence-corrected chi connectivity index (χ0v) is 29.6. The largest absolute Gasteiger partial charge is 0.333 e. The summed E-state index contributed by atoms with van der Waals surface area (Å²) in [4.78, 5) is 2.66. The average Bonchev–Trinajstić information content (AvgIpc) is 3.68. The highest BCUT2D eigenvalue weighted by Gasteiger charge is 2.54. The first-order valence-corrected chi connectivity index (χ1v) is 18.5. The zero-order valence-electron chi connectivity index (χ0n) is 29.6. The van der Waals surface area contributed by atoms with E-state index < -0.39 is 0 Å². The van der Waals surface area contributed by atoms with Gasteiger partial charge in [-0.3, -0.25) is 0 Å². The third-order valence-corrected chi connectivity index (χ3v) is 11.7. The second-order valence-corrected chi connectivity index (χ2v) is 14.5. The molecular weight excluding hydrogens is 627 g/mol. The van der Waals surface area contributed by atoms with E-state index in [0.29, 0.717) is 0 Å². The van der Waals surface area contributed by atoms with Crippen LogP contribution in [0.2, 0.25) is 0 Å².